The molecule has 29 heavy (non-hydrogen) atoms. The van der Waals surface area contributed by atoms with Crippen molar-refractivity contribution >= 4 is 17.0 Å². The van der Waals surface area contributed by atoms with Gasteiger partial charge < -0.3 is 20.3 Å². The minimum absolute atomic E-state index is 0.0345. The third-order valence-electron chi connectivity index (χ3n) is 4.56. The molecule has 2 heterocycles. The van der Waals surface area contributed by atoms with Crippen molar-refractivity contribution in [3.05, 3.63) is 52.2 Å². The summed E-state index contributed by atoms with van der Waals surface area (Å²) in [6.45, 7) is 1.63. The highest BCUT2D eigenvalue weighted by Crippen LogP contribution is 2.25. The molecule has 0 saturated heterocycles. The molecule has 154 valence electrons. The molecule has 3 N–H and O–H groups in total. The Bertz CT molecular complexity index is 1060. The van der Waals surface area contributed by atoms with Gasteiger partial charge in [0.1, 0.15) is 17.2 Å². The van der Waals surface area contributed by atoms with Gasteiger partial charge in [0.05, 0.1) is 0 Å². The molecule has 0 saturated carbocycles. The Morgan fingerprint density at radius 3 is 2.59 bits per heavy atom. The van der Waals surface area contributed by atoms with E-state index in [1.807, 2.05) is 0 Å². The second-order valence-electron chi connectivity index (χ2n) is 6.72. The second kappa shape index (κ2) is 8.97. The number of ether oxygens (including phenoxy) is 1. The van der Waals surface area contributed by atoms with Crippen molar-refractivity contribution in [2.45, 2.75) is 25.8 Å². The van der Waals surface area contributed by atoms with E-state index in [9.17, 15) is 9.18 Å². The zero-order chi connectivity index (χ0) is 21.0. The maximum atomic E-state index is 13.3. The number of hydrogen-bond donors (Lipinski definition) is 3. The van der Waals surface area contributed by atoms with E-state index >= 15 is 0 Å². The van der Waals surface area contributed by atoms with Crippen LogP contribution in [0.5, 0.6) is 11.5 Å². The molecule has 9 heteroatoms. The lowest BCUT2D eigenvalue weighted by molar-refractivity contribution is 0.247. The number of aryl methyl sites for hydroxylation is 2. The standard InChI is InChI=1S/C20H23FN4O4/c1-12-9-14(21)3-4-16(12)29-17-10-13-11-22-20(23-15(5-7-26)6-8-27)24-18(13)25(2)19(17)28/h3-4,9-11,15,26-27H,5-8H2,1-2H3,(H,22,23,24). The lowest BCUT2D eigenvalue weighted by Crippen LogP contribution is -2.24. The van der Waals surface area contributed by atoms with E-state index in [2.05, 4.69) is 15.3 Å². The first-order valence-corrected chi connectivity index (χ1v) is 9.22. The molecule has 8 nitrogen and oxygen atoms in total. The van der Waals surface area contributed by atoms with Gasteiger partial charge in [0.15, 0.2) is 5.75 Å². The van der Waals surface area contributed by atoms with Crippen LogP contribution in [0.15, 0.2) is 35.3 Å². The summed E-state index contributed by atoms with van der Waals surface area (Å²) in [5, 5.41) is 21.9. The van der Waals surface area contributed by atoms with Crippen molar-refractivity contribution in [3.63, 3.8) is 0 Å². The SMILES string of the molecule is Cc1cc(F)ccc1Oc1cc2cnc(NC(CCO)CCO)nc2n(C)c1=O. The minimum atomic E-state index is -0.395. The summed E-state index contributed by atoms with van der Waals surface area (Å²) in [7, 11) is 1.57. The van der Waals surface area contributed by atoms with E-state index < -0.39 is 5.56 Å². The number of fused-ring (bicyclic) bond motifs is 1. The number of hydrogen-bond acceptors (Lipinski definition) is 7. The molecule has 0 fully saturated rings. The predicted molar refractivity (Wildman–Crippen MR) is 107 cm³/mol. The van der Waals surface area contributed by atoms with Crippen LogP contribution >= 0.6 is 0 Å². The third kappa shape index (κ3) is 4.69. The Morgan fingerprint density at radius 1 is 1.21 bits per heavy atom. The van der Waals surface area contributed by atoms with Gasteiger partial charge in [-0.05, 0) is 49.6 Å². The first-order valence-electron chi connectivity index (χ1n) is 9.22. The molecule has 0 aliphatic carbocycles. The van der Waals surface area contributed by atoms with E-state index in [0.717, 1.165) is 0 Å². The van der Waals surface area contributed by atoms with Gasteiger partial charge in [-0.15, -0.1) is 0 Å². The fraction of sp³-hybridized carbons (Fsp3) is 0.350. The van der Waals surface area contributed by atoms with Crippen LogP contribution in [0.1, 0.15) is 18.4 Å². The largest absolute Gasteiger partial charge is 0.451 e. The van der Waals surface area contributed by atoms with Crippen molar-refractivity contribution in [1.29, 1.82) is 0 Å². The van der Waals surface area contributed by atoms with Gasteiger partial charge in [-0.25, -0.2) is 9.37 Å². The molecule has 1 aromatic carbocycles. The zero-order valence-corrected chi connectivity index (χ0v) is 16.2. The minimum Gasteiger partial charge on any atom is -0.451 e. The number of aromatic nitrogens is 3. The second-order valence-corrected chi connectivity index (χ2v) is 6.72. The molecule has 0 radical (unpaired) electrons. The number of halogens is 1. The van der Waals surface area contributed by atoms with Gasteiger partial charge in [-0.2, -0.15) is 4.98 Å². The summed E-state index contributed by atoms with van der Waals surface area (Å²) in [5.41, 5.74) is 0.581. The number of benzene rings is 1. The van der Waals surface area contributed by atoms with E-state index in [-0.39, 0.29) is 30.8 Å². The molecule has 0 amide bonds. The summed E-state index contributed by atoms with van der Waals surface area (Å²) in [6, 6.07) is 5.42. The van der Waals surface area contributed by atoms with E-state index in [0.29, 0.717) is 41.1 Å². The summed E-state index contributed by atoms with van der Waals surface area (Å²) in [6.07, 6.45) is 2.43. The molecule has 3 aromatic rings. The first kappa shape index (κ1) is 20.7. The number of aliphatic hydroxyl groups is 2. The monoisotopic (exact) mass is 402 g/mol. The smallest absolute Gasteiger partial charge is 0.294 e. The van der Waals surface area contributed by atoms with Gasteiger partial charge in [0.25, 0.3) is 5.56 Å². The van der Waals surface area contributed by atoms with E-state index in [1.165, 1.54) is 22.8 Å². The van der Waals surface area contributed by atoms with Crippen molar-refractivity contribution in [1.82, 2.24) is 14.5 Å². The average Bonchev–Trinajstić information content (AvgIpc) is 2.69. The predicted octanol–water partition coefficient (Wildman–Crippen LogP) is 2.11. The maximum Gasteiger partial charge on any atom is 0.294 e. The van der Waals surface area contributed by atoms with Crippen LogP contribution < -0.4 is 15.6 Å². The third-order valence-corrected chi connectivity index (χ3v) is 4.56. The first-order chi connectivity index (χ1) is 13.9. The molecular formula is C20H23FN4O4. The highest BCUT2D eigenvalue weighted by Gasteiger charge is 2.14. The topological polar surface area (TPSA) is 110 Å². The summed E-state index contributed by atoms with van der Waals surface area (Å²) < 4.78 is 20.4. The summed E-state index contributed by atoms with van der Waals surface area (Å²) >= 11 is 0. The van der Waals surface area contributed by atoms with Crippen LogP contribution in [-0.4, -0.2) is 44.0 Å². The molecule has 0 unspecified atom stereocenters. The number of aliphatic hydroxyl groups excluding tert-OH is 2. The number of pyridine rings is 1. The van der Waals surface area contributed by atoms with Crippen molar-refractivity contribution < 1.29 is 19.3 Å². The van der Waals surface area contributed by atoms with E-state index in [1.54, 1.807) is 26.2 Å². The van der Waals surface area contributed by atoms with Crippen LogP contribution in [-0.2, 0) is 7.05 Å². The Balaban J connectivity index is 1.94. The maximum absolute atomic E-state index is 13.3. The fourth-order valence-corrected chi connectivity index (χ4v) is 2.99. The van der Waals surface area contributed by atoms with Gasteiger partial charge in [0.2, 0.25) is 5.95 Å². The Kier molecular flexibility index (Phi) is 6.40. The Morgan fingerprint density at radius 2 is 1.93 bits per heavy atom. The van der Waals surface area contributed by atoms with Crippen molar-refractivity contribution in [3.8, 4) is 11.5 Å². The lowest BCUT2D eigenvalue weighted by Gasteiger charge is -2.17. The van der Waals surface area contributed by atoms with Crippen LogP contribution in [0, 0.1) is 12.7 Å². The summed E-state index contributed by atoms with van der Waals surface area (Å²) in [4.78, 5) is 21.4. The molecule has 0 aliphatic rings. The quantitative estimate of drug-likeness (QED) is 0.529. The molecular weight excluding hydrogens is 379 g/mol. The summed E-state index contributed by atoms with van der Waals surface area (Å²) in [5.74, 6) is 0.383. The highest BCUT2D eigenvalue weighted by atomic mass is 19.1. The van der Waals surface area contributed by atoms with Crippen molar-refractivity contribution in [2.75, 3.05) is 18.5 Å². The number of nitrogens with one attached hydrogen (secondary N) is 1. The molecule has 0 aliphatic heterocycles. The normalized spacial score (nSPS) is 11.2. The van der Waals surface area contributed by atoms with Crippen LogP contribution in [0.25, 0.3) is 11.0 Å². The van der Waals surface area contributed by atoms with Gasteiger partial charge in [-0.3, -0.25) is 9.36 Å². The zero-order valence-electron chi connectivity index (χ0n) is 16.2. The van der Waals surface area contributed by atoms with Crippen LogP contribution in [0.3, 0.4) is 0 Å². The van der Waals surface area contributed by atoms with Crippen molar-refractivity contribution in [2.24, 2.45) is 7.05 Å². The number of rotatable bonds is 8. The number of nitrogens with zero attached hydrogens (tertiary/aromatic N) is 3. The van der Waals surface area contributed by atoms with Crippen LogP contribution in [0.2, 0.25) is 0 Å². The lowest BCUT2D eigenvalue weighted by atomic mass is 10.1. The Labute approximate surface area is 166 Å². The molecule has 3 rings (SSSR count). The molecule has 2 aromatic heterocycles. The average molecular weight is 402 g/mol. The van der Waals surface area contributed by atoms with E-state index in [4.69, 9.17) is 14.9 Å². The molecule has 0 atom stereocenters. The number of anilines is 1. The fourth-order valence-electron chi connectivity index (χ4n) is 2.99. The van der Waals surface area contributed by atoms with Gasteiger partial charge in [0, 0.05) is 37.9 Å². The Hall–Kier alpha value is -3.04. The molecule has 0 bridgehead atoms. The van der Waals surface area contributed by atoms with Crippen LogP contribution in [0.4, 0.5) is 10.3 Å². The highest BCUT2D eigenvalue weighted by molar-refractivity contribution is 5.76. The molecule has 0 spiro atoms. The van der Waals surface area contributed by atoms with Gasteiger partial charge in [-0.1, -0.05) is 0 Å². The van der Waals surface area contributed by atoms with Gasteiger partial charge >= 0.3 is 0 Å².